The van der Waals surface area contributed by atoms with Gasteiger partial charge in [-0.1, -0.05) is 11.6 Å². The zero-order valence-corrected chi connectivity index (χ0v) is 11.7. The first-order chi connectivity index (χ1) is 8.69. The van der Waals surface area contributed by atoms with E-state index in [0.29, 0.717) is 12.4 Å². The van der Waals surface area contributed by atoms with Crippen LogP contribution in [0, 0.1) is 0 Å². The van der Waals surface area contributed by atoms with Gasteiger partial charge < -0.3 is 9.64 Å². The van der Waals surface area contributed by atoms with Gasteiger partial charge in [0.1, 0.15) is 0 Å². The maximum absolute atomic E-state index is 11.2. The Morgan fingerprint density at radius 3 is 2.78 bits per heavy atom. The third-order valence-corrected chi connectivity index (χ3v) is 3.20. The van der Waals surface area contributed by atoms with E-state index < -0.39 is 0 Å². The van der Waals surface area contributed by atoms with Crippen molar-refractivity contribution >= 4 is 27.8 Å². The molecule has 0 unspecified atom stereocenters. The summed E-state index contributed by atoms with van der Waals surface area (Å²) in [5.74, 6) is 0.529. The van der Waals surface area contributed by atoms with Gasteiger partial charge in [-0.05, 0) is 22.4 Å². The molecule has 1 aliphatic rings. The highest BCUT2D eigenvalue weighted by Crippen LogP contribution is 2.18. The summed E-state index contributed by atoms with van der Waals surface area (Å²) in [5.41, 5.74) is 1.12. The first-order valence-electron chi connectivity index (χ1n) is 5.66. The Morgan fingerprint density at radius 1 is 1.50 bits per heavy atom. The van der Waals surface area contributed by atoms with E-state index in [9.17, 15) is 4.79 Å². The van der Waals surface area contributed by atoms with Crippen LogP contribution in [0.4, 0.5) is 5.95 Å². The maximum atomic E-state index is 11.2. The molecule has 0 atom stereocenters. The Hall–Kier alpha value is -1.43. The molecule has 1 aromatic rings. The van der Waals surface area contributed by atoms with E-state index in [4.69, 9.17) is 0 Å². The van der Waals surface area contributed by atoms with Crippen LogP contribution in [-0.2, 0) is 9.53 Å². The average molecular weight is 312 g/mol. The van der Waals surface area contributed by atoms with Crippen molar-refractivity contribution in [3.05, 3.63) is 28.5 Å². The van der Waals surface area contributed by atoms with E-state index in [-0.39, 0.29) is 5.97 Å². The van der Waals surface area contributed by atoms with E-state index in [1.165, 1.54) is 7.11 Å². The number of hydrogen-bond acceptors (Lipinski definition) is 5. The molecule has 0 N–H and O–H groups in total. The quantitative estimate of drug-likeness (QED) is 0.631. The van der Waals surface area contributed by atoms with Crippen molar-refractivity contribution in [1.82, 2.24) is 9.97 Å². The number of anilines is 1. The number of hydrogen-bond donors (Lipinski definition) is 0. The third kappa shape index (κ3) is 3.29. The zero-order chi connectivity index (χ0) is 13.0. The molecule has 0 saturated carbocycles. The van der Waals surface area contributed by atoms with E-state index >= 15 is 0 Å². The number of esters is 1. The molecule has 0 radical (unpaired) electrons. The lowest BCUT2D eigenvalue weighted by molar-refractivity contribution is -0.139. The van der Waals surface area contributed by atoms with Crippen LogP contribution in [0.1, 0.15) is 12.8 Å². The van der Waals surface area contributed by atoms with Crippen LogP contribution in [0.25, 0.3) is 0 Å². The molecule has 2 heterocycles. The number of halogens is 1. The second kappa shape index (κ2) is 5.95. The minimum atomic E-state index is -0.186. The standard InChI is InChI=1S/C12H14BrN3O2/c1-18-11(17)6-9-2-4-16(5-3-9)12-14-7-10(13)8-15-12/h2,7-8H,3-6H2,1H3. The topological polar surface area (TPSA) is 55.3 Å². The number of rotatable bonds is 3. The van der Waals surface area contributed by atoms with Crippen LogP contribution in [0.3, 0.4) is 0 Å². The van der Waals surface area contributed by atoms with Crippen LogP contribution in [0.2, 0.25) is 0 Å². The number of ether oxygens (including phenoxy) is 1. The molecule has 5 nitrogen and oxygen atoms in total. The van der Waals surface area contributed by atoms with Gasteiger partial charge in [-0.15, -0.1) is 0 Å². The van der Waals surface area contributed by atoms with Gasteiger partial charge in [0, 0.05) is 25.5 Å². The van der Waals surface area contributed by atoms with E-state index in [0.717, 1.165) is 29.6 Å². The predicted molar refractivity (Wildman–Crippen MR) is 71.3 cm³/mol. The zero-order valence-electron chi connectivity index (χ0n) is 10.1. The summed E-state index contributed by atoms with van der Waals surface area (Å²) in [4.78, 5) is 21.7. The van der Waals surface area contributed by atoms with Crippen LogP contribution in [0.15, 0.2) is 28.5 Å². The van der Waals surface area contributed by atoms with Gasteiger partial charge in [-0.2, -0.15) is 0 Å². The van der Waals surface area contributed by atoms with Crippen molar-refractivity contribution in [3.8, 4) is 0 Å². The highest BCUT2D eigenvalue weighted by molar-refractivity contribution is 9.10. The Balaban J connectivity index is 1.97. The summed E-state index contributed by atoms with van der Waals surface area (Å²) >= 11 is 3.31. The third-order valence-electron chi connectivity index (χ3n) is 2.79. The molecular weight excluding hydrogens is 298 g/mol. The lowest BCUT2D eigenvalue weighted by Gasteiger charge is -2.26. The van der Waals surface area contributed by atoms with Gasteiger partial charge >= 0.3 is 5.97 Å². The minimum absolute atomic E-state index is 0.186. The summed E-state index contributed by atoms with van der Waals surface area (Å²) in [6, 6.07) is 0. The molecule has 0 saturated heterocycles. The van der Waals surface area contributed by atoms with Crippen LogP contribution < -0.4 is 4.90 Å². The Morgan fingerprint density at radius 2 is 2.22 bits per heavy atom. The van der Waals surface area contributed by atoms with Gasteiger partial charge in [-0.25, -0.2) is 9.97 Å². The predicted octanol–water partition coefficient (Wildman–Crippen LogP) is 1.94. The molecule has 0 fully saturated rings. The second-order valence-electron chi connectivity index (χ2n) is 4.01. The van der Waals surface area contributed by atoms with E-state index in [1.807, 2.05) is 6.08 Å². The molecule has 0 aliphatic carbocycles. The van der Waals surface area contributed by atoms with Crippen molar-refractivity contribution in [1.29, 1.82) is 0 Å². The first-order valence-corrected chi connectivity index (χ1v) is 6.45. The largest absolute Gasteiger partial charge is 0.469 e. The number of aromatic nitrogens is 2. The summed E-state index contributed by atoms with van der Waals surface area (Å²) < 4.78 is 5.52. The fraction of sp³-hybridized carbons (Fsp3) is 0.417. The number of methoxy groups -OCH3 is 1. The maximum Gasteiger partial charge on any atom is 0.309 e. The molecule has 0 bridgehead atoms. The van der Waals surface area contributed by atoms with Gasteiger partial charge in [-0.3, -0.25) is 4.79 Å². The molecule has 6 heteroatoms. The molecule has 0 spiro atoms. The Bertz CT molecular complexity index is 459. The highest BCUT2D eigenvalue weighted by atomic mass is 79.9. The number of carbonyl (C=O) groups excluding carboxylic acids is 1. The minimum Gasteiger partial charge on any atom is -0.469 e. The molecule has 18 heavy (non-hydrogen) atoms. The van der Waals surface area contributed by atoms with Crippen LogP contribution >= 0.6 is 15.9 Å². The second-order valence-corrected chi connectivity index (χ2v) is 4.93. The molecule has 1 aromatic heterocycles. The molecule has 2 rings (SSSR count). The van der Waals surface area contributed by atoms with Gasteiger partial charge in [0.25, 0.3) is 0 Å². The average Bonchev–Trinajstić information content (AvgIpc) is 2.40. The summed E-state index contributed by atoms with van der Waals surface area (Å²) in [6.07, 6.45) is 6.73. The van der Waals surface area contributed by atoms with Crippen molar-refractivity contribution in [2.75, 3.05) is 25.1 Å². The fourth-order valence-electron chi connectivity index (χ4n) is 1.78. The molecule has 1 aliphatic heterocycles. The fourth-order valence-corrected chi connectivity index (χ4v) is 1.98. The summed E-state index contributed by atoms with van der Waals surface area (Å²) in [6.45, 7) is 1.55. The van der Waals surface area contributed by atoms with Crippen LogP contribution in [-0.4, -0.2) is 36.1 Å². The molecular formula is C12H14BrN3O2. The van der Waals surface area contributed by atoms with Crippen LogP contribution in [0.5, 0.6) is 0 Å². The first kappa shape index (κ1) is 13.0. The molecule has 0 amide bonds. The van der Waals surface area contributed by atoms with Gasteiger partial charge in [0.2, 0.25) is 5.95 Å². The SMILES string of the molecule is COC(=O)CC1=CCN(c2ncc(Br)cn2)CC1. The van der Waals surface area contributed by atoms with Crippen molar-refractivity contribution in [2.45, 2.75) is 12.8 Å². The van der Waals surface area contributed by atoms with Crippen molar-refractivity contribution in [3.63, 3.8) is 0 Å². The van der Waals surface area contributed by atoms with Crippen molar-refractivity contribution < 1.29 is 9.53 Å². The van der Waals surface area contributed by atoms with Gasteiger partial charge in [0.15, 0.2) is 0 Å². The van der Waals surface area contributed by atoms with E-state index in [1.54, 1.807) is 12.4 Å². The normalized spacial score (nSPS) is 15.2. The Labute approximate surface area is 114 Å². The smallest absolute Gasteiger partial charge is 0.309 e. The molecule has 96 valence electrons. The number of nitrogens with zero attached hydrogens (tertiary/aromatic N) is 3. The summed E-state index contributed by atoms with van der Waals surface area (Å²) in [7, 11) is 1.41. The van der Waals surface area contributed by atoms with E-state index in [2.05, 4.69) is 35.5 Å². The number of carbonyl (C=O) groups is 1. The lowest BCUT2D eigenvalue weighted by atomic mass is 10.1. The lowest BCUT2D eigenvalue weighted by Crippen LogP contribution is -2.30. The highest BCUT2D eigenvalue weighted by Gasteiger charge is 2.16. The van der Waals surface area contributed by atoms with Gasteiger partial charge in [0.05, 0.1) is 18.0 Å². The summed E-state index contributed by atoms with van der Waals surface area (Å²) in [5, 5.41) is 0. The Kier molecular flexibility index (Phi) is 4.30. The monoisotopic (exact) mass is 311 g/mol. The molecule has 0 aromatic carbocycles. The van der Waals surface area contributed by atoms with Crippen molar-refractivity contribution in [2.24, 2.45) is 0 Å².